The summed E-state index contributed by atoms with van der Waals surface area (Å²) in [6, 6.07) is 11.8. The van der Waals surface area contributed by atoms with Crippen molar-refractivity contribution in [2.75, 3.05) is 11.1 Å². The van der Waals surface area contributed by atoms with Crippen LogP contribution >= 0.6 is 11.8 Å². The first-order chi connectivity index (χ1) is 12.0. The SMILES string of the molecule is Cc1cccc(NC(=O)CSc2ncc(-c3ccc(F)cc3)o2)c1C. The molecule has 4 nitrogen and oxygen atoms in total. The molecule has 0 aliphatic rings. The van der Waals surface area contributed by atoms with Crippen molar-refractivity contribution in [2.45, 2.75) is 19.1 Å². The second kappa shape index (κ2) is 7.53. The van der Waals surface area contributed by atoms with Crippen molar-refractivity contribution in [1.82, 2.24) is 4.98 Å². The van der Waals surface area contributed by atoms with Crippen molar-refractivity contribution in [3.05, 3.63) is 65.6 Å². The summed E-state index contributed by atoms with van der Waals surface area (Å²) in [4.78, 5) is 16.3. The number of rotatable bonds is 5. The van der Waals surface area contributed by atoms with Crippen molar-refractivity contribution < 1.29 is 13.6 Å². The number of aryl methyl sites for hydroxylation is 1. The molecule has 6 heteroatoms. The maximum absolute atomic E-state index is 13.0. The van der Waals surface area contributed by atoms with Crippen molar-refractivity contribution in [3.8, 4) is 11.3 Å². The Bertz CT molecular complexity index is 891. The summed E-state index contributed by atoms with van der Waals surface area (Å²) < 4.78 is 18.6. The number of benzene rings is 2. The first kappa shape index (κ1) is 17.2. The van der Waals surface area contributed by atoms with E-state index in [0.717, 1.165) is 22.4 Å². The molecule has 0 atom stereocenters. The number of oxazole rings is 1. The lowest BCUT2D eigenvalue weighted by Crippen LogP contribution is -2.15. The minimum Gasteiger partial charge on any atom is -0.431 e. The molecule has 25 heavy (non-hydrogen) atoms. The molecule has 0 fully saturated rings. The predicted octanol–water partition coefficient (Wildman–Crippen LogP) is 4.83. The maximum Gasteiger partial charge on any atom is 0.256 e. The fourth-order valence-electron chi connectivity index (χ4n) is 2.27. The maximum atomic E-state index is 13.0. The second-order valence-electron chi connectivity index (χ2n) is 5.58. The van der Waals surface area contributed by atoms with E-state index in [4.69, 9.17) is 4.42 Å². The predicted molar refractivity (Wildman–Crippen MR) is 97.2 cm³/mol. The second-order valence-corrected chi connectivity index (χ2v) is 6.51. The van der Waals surface area contributed by atoms with E-state index in [0.29, 0.717) is 11.0 Å². The first-order valence-electron chi connectivity index (χ1n) is 7.73. The van der Waals surface area contributed by atoms with Crippen molar-refractivity contribution >= 4 is 23.4 Å². The summed E-state index contributed by atoms with van der Waals surface area (Å²) in [5, 5.41) is 3.29. The number of hydrogen-bond donors (Lipinski definition) is 1. The number of halogens is 1. The van der Waals surface area contributed by atoms with Crippen LogP contribution in [0.1, 0.15) is 11.1 Å². The zero-order valence-electron chi connectivity index (χ0n) is 13.9. The van der Waals surface area contributed by atoms with E-state index in [2.05, 4.69) is 10.3 Å². The molecular weight excluding hydrogens is 339 g/mol. The molecule has 0 aliphatic heterocycles. The first-order valence-corrected chi connectivity index (χ1v) is 8.72. The number of amides is 1. The Kier molecular flexibility index (Phi) is 5.19. The van der Waals surface area contributed by atoms with Gasteiger partial charge in [0.2, 0.25) is 5.91 Å². The van der Waals surface area contributed by atoms with Gasteiger partial charge in [0.05, 0.1) is 11.9 Å². The zero-order chi connectivity index (χ0) is 17.8. The van der Waals surface area contributed by atoms with Crippen molar-refractivity contribution in [1.29, 1.82) is 0 Å². The summed E-state index contributed by atoms with van der Waals surface area (Å²) >= 11 is 1.21. The van der Waals surface area contributed by atoms with Crippen LogP contribution in [0.3, 0.4) is 0 Å². The van der Waals surface area contributed by atoms with Gasteiger partial charge in [0, 0.05) is 11.3 Å². The highest BCUT2D eigenvalue weighted by molar-refractivity contribution is 7.99. The van der Waals surface area contributed by atoms with E-state index < -0.39 is 0 Å². The summed E-state index contributed by atoms with van der Waals surface area (Å²) in [6.45, 7) is 3.98. The number of carbonyl (C=O) groups excluding carboxylic acids is 1. The number of nitrogens with zero attached hydrogens (tertiary/aromatic N) is 1. The highest BCUT2D eigenvalue weighted by Crippen LogP contribution is 2.26. The molecule has 128 valence electrons. The Labute approximate surface area is 149 Å². The molecule has 0 spiro atoms. The quantitative estimate of drug-likeness (QED) is 0.666. The molecule has 3 rings (SSSR count). The molecule has 0 bridgehead atoms. The van der Waals surface area contributed by atoms with Gasteiger partial charge in [-0.05, 0) is 55.3 Å². The van der Waals surface area contributed by atoms with Crippen molar-refractivity contribution in [3.63, 3.8) is 0 Å². The molecule has 0 saturated heterocycles. The molecule has 3 aromatic rings. The monoisotopic (exact) mass is 356 g/mol. The summed E-state index contributed by atoms with van der Waals surface area (Å²) in [6.07, 6.45) is 1.57. The number of carbonyl (C=O) groups is 1. The average Bonchev–Trinajstić information content (AvgIpc) is 3.07. The standard InChI is InChI=1S/C19H17FN2O2S/c1-12-4-3-5-16(13(12)2)22-18(23)11-25-19-21-10-17(24-19)14-6-8-15(20)9-7-14/h3-10H,11H2,1-2H3,(H,22,23). The Balaban J connectivity index is 1.59. The molecule has 1 aromatic heterocycles. The van der Waals surface area contributed by atoms with Gasteiger partial charge in [-0.1, -0.05) is 23.9 Å². The van der Waals surface area contributed by atoms with Gasteiger partial charge >= 0.3 is 0 Å². The van der Waals surface area contributed by atoms with Gasteiger partial charge in [0.25, 0.3) is 5.22 Å². The third-order valence-corrected chi connectivity index (χ3v) is 4.66. The van der Waals surface area contributed by atoms with Crippen LogP contribution in [0.5, 0.6) is 0 Å². The topological polar surface area (TPSA) is 55.1 Å². The minimum atomic E-state index is -0.305. The number of hydrogen-bond acceptors (Lipinski definition) is 4. The third-order valence-electron chi connectivity index (χ3n) is 3.82. The number of aromatic nitrogens is 1. The lowest BCUT2D eigenvalue weighted by molar-refractivity contribution is -0.113. The Morgan fingerprint density at radius 2 is 1.96 bits per heavy atom. The lowest BCUT2D eigenvalue weighted by Gasteiger charge is -2.09. The van der Waals surface area contributed by atoms with Gasteiger partial charge in [0.1, 0.15) is 5.82 Å². The van der Waals surface area contributed by atoms with Gasteiger partial charge in [-0.15, -0.1) is 0 Å². The van der Waals surface area contributed by atoms with Gasteiger partial charge < -0.3 is 9.73 Å². The third kappa shape index (κ3) is 4.28. The summed E-state index contributed by atoms with van der Waals surface area (Å²) in [5.74, 6) is 0.301. The molecule has 1 N–H and O–H groups in total. The van der Waals surface area contributed by atoms with E-state index in [9.17, 15) is 9.18 Å². The Hall–Kier alpha value is -2.60. The minimum absolute atomic E-state index is 0.125. The smallest absolute Gasteiger partial charge is 0.256 e. The normalized spacial score (nSPS) is 10.7. The molecular formula is C19H17FN2O2S. The Morgan fingerprint density at radius 3 is 2.72 bits per heavy atom. The zero-order valence-corrected chi connectivity index (χ0v) is 14.7. The van der Waals surface area contributed by atoms with Crippen molar-refractivity contribution in [2.24, 2.45) is 0 Å². The molecule has 1 amide bonds. The van der Waals surface area contributed by atoms with Crippen LogP contribution in [-0.2, 0) is 4.79 Å². The van der Waals surface area contributed by atoms with Crippen LogP contribution in [0.2, 0.25) is 0 Å². The highest BCUT2D eigenvalue weighted by atomic mass is 32.2. The highest BCUT2D eigenvalue weighted by Gasteiger charge is 2.11. The largest absolute Gasteiger partial charge is 0.431 e. The fraction of sp³-hybridized carbons (Fsp3) is 0.158. The molecule has 0 unspecified atom stereocenters. The van der Waals surface area contributed by atoms with Crippen LogP contribution in [0.4, 0.5) is 10.1 Å². The van der Waals surface area contributed by atoms with Gasteiger partial charge in [-0.3, -0.25) is 4.79 Å². The van der Waals surface area contributed by atoms with E-state index in [1.807, 2.05) is 32.0 Å². The van der Waals surface area contributed by atoms with E-state index in [1.165, 1.54) is 23.9 Å². The van der Waals surface area contributed by atoms with Crippen LogP contribution in [0.15, 0.2) is 58.3 Å². The number of thioether (sulfide) groups is 1. The fourth-order valence-corrected chi connectivity index (χ4v) is 2.88. The van der Waals surface area contributed by atoms with Gasteiger partial charge in [-0.25, -0.2) is 9.37 Å². The molecule has 2 aromatic carbocycles. The average molecular weight is 356 g/mol. The van der Waals surface area contributed by atoms with E-state index in [-0.39, 0.29) is 17.5 Å². The molecule has 0 radical (unpaired) electrons. The van der Waals surface area contributed by atoms with Crippen LogP contribution in [0, 0.1) is 19.7 Å². The van der Waals surface area contributed by atoms with E-state index >= 15 is 0 Å². The molecule has 0 saturated carbocycles. The van der Waals surface area contributed by atoms with Crippen LogP contribution < -0.4 is 5.32 Å². The van der Waals surface area contributed by atoms with Crippen LogP contribution in [-0.4, -0.2) is 16.6 Å². The summed E-state index contributed by atoms with van der Waals surface area (Å²) in [5.41, 5.74) is 3.73. The van der Waals surface area contributed by atoms with Crippen LogP contribution in [0.25, 0.3) is 11.3 Å². The van der Waals surface area contributed by atoms with Gasteiger partial charge in [0.15, 0.2) is 5.76 Å². The number of anilines is 1. The van der Waals surface area contributed by atoms with E-state index in [1.54, 1.807) is 18.3 Å². The lowest BCUT2D eigenvalue weighted by atomic mass is 10.1. The molecule has 0 aliphatic carbocycles. The Morgan fingerprint density at radius 1 is 1.20 bits per heavy atom. The number of nitrogens with one attached hydrogen (secondary N) is 1. The molecule has 1 heterocycles. The van der Waals surface area contributed by atoms with Gasteiger partial charge in [-0.2, -0.15) is 0 Å². The summed E-state index contributed by atoms with van der Waals surface area (Å²) in [7, 11) is 0.